The number of benzene rings is 1. The second-order valence-electron chi connectivity index (χ2n) is 7.60. The van der Waals surface area contributed by atoms with Crippen molar-refractivity contribution in [3.63, 3.8) is 0 Å². The zero-order chi connectivity index (χ0) is 20.7. The van der Waals surface area contributed by atoms with Gasteiger partial charge in [-0.15, -0.1) is 0 Å². The molecule has 1 saturated heterocycles. The summed E-state index contributed by atoms with van der Waals surface area (Å²) in [4.78, 5) is 14.9. The van der Waals surface area contributed by atoms with Crippen LogP contribution in [0.3, 0.4) is 0 Å². The van der Waals surface area contributed by atoms with Crippen LogP contribution in [0.1, 0.15) is 42.3 Å². The first-order valence-electron chi connectivity index (χ1n) is 10.1. The van der Waals surface area contributed by atoms with Crippen LogP contribution in [0.2, 0.25) is 0 Å². The van der Waals surface area contributed by atoms with E-state index >= 15 is 0 Å². The number of rotatable bonds is 9. The number of nitrogens with one attached hydrogen (secondary N) is 2. The highest BCUT2D eigenvalue weighted by molar-refractivity contribution is 7.89. The van der Waals surface area contributed by atoms with Crippen molar-refractivity contribution in [3.8, 4) is 0 Å². The standard InChI is InChI=1S/C21H29N3O4S/c1-17(16-24-11-3-2-4-12-24)14-22-21(25)18-7-9-20(10-8-18)29(26,27)23-15-19-6-5-13-28-19/h5-10,13,17,23H,2-4,11-12,14-16H2,1H3,(H,22,25)/t17-/m1/s1. The molecule has 3 rings (SSSR count). The molecule has 0 radical (unpaired) electrons. The summed E-state index contributed by atoms with van der Waals surface area (Å²) in [6.07, 6.45) is 5.31. The molecule has 158 valence electrons. The highest BCUT2D eigenvalue weighted by atomic mass is 32.2. The molecule has 0 spiro atoms. The van der Waals surface area contributed by atoms with Gasteiger partial charge >= 0.3 is 0 Å². The normalized spacial score (nSPS) is 16.4. The first-order valence-corrected chi connectivity index (χ1v) is 11.5. The molecule has 1 aromatic heterocycles. The predicted molar refractivity (Wildman–Crippen MR) is 111 cm³/mol. The largest absolute Gasteiger partial charge is 0.468 e. The third kappa shape index (κ3) is 6.42. The van der Waals surface area contributed by atoms with Crippen LogP contribution in [0.15, 0.2) is 52.0 Å². The maximum Gasteiger partial charge on any atom is 0.251 e. The Hall–Kier alpha value is -2.16. The highest BCUT2D eigenvalue weighted by Gasteiger charge is 2.17. The van der Waals surface area contributed by atoms with Gasteiger partial charge in [-0.1, -0.05) is 13.3 Å². The molecular weight excluding hydrogens is 390 g/mol. The molecule has 2 aromatic rings. The monoisotopic (exact) mass is 419 g/mol. The van der Waals surface area contributed by atoms with Crippen LogP contribution in [-0.2, 0) is 16.6 Å². The Labute approximate surface area is 172 Å². The van der Waals surface area contributed by atoms with Gasteiger partial charge in [-0.2, -0.15) is 0 Å². The van der Waals surface area contributed by atoms with Gasteiger partial charge in [-0.3, -0.25) is 4.79 Å². The molecule has 1 aliphatic rings. The lowest BCUT2D eigenvalue weighted by atomic mass is 10.1. The molecule has 0 unspecified atom stereocenters. The van der Waals surface area contributed by atoms with Gasteiger partial charge in [0.15, 0.2) is 0 Å². The molecule has 1 amide bonds. The first-order chi connectivity index (χ1) is 13.9. The minimum Gasteiger partial charge on any atom is -0.468 e. The summed E-state index contributed by atoms with van der Waals surface area (Å²) in [5.74, 6) is 0.703. The quantitative estimate of drug-likeness (QED) is 0.652. The third-order valence-corrected chi connectivity index (χ3v) is 6.49. The molecule has 29 heavy (non-hydrogen) atoms. The smallest absolute Gasteiger partial charge is 0.251 e. The summed E-state index contributed by atoms with van der Waals surface area (Å²) in [6.45, 7) is 6.07. The number of hydrogen-bond acceptors (Lipinski definition) is 5. The minimum absolute atomic E-state index is 0.0759. The second kappa shape index (κ2) is 10.0. The Morgan fingerprint density at radius 1 is 1.14 bits per heavy atom. The fourth-order valence-electron chi connectivity index (χ4n) is 3.46. The average Bonchev–Trinajstić information content (AvgIpc) is 3.25. The number of furan rings is 1. The zero-order valence-electron chi connectivity index (χ0n) is 16.8. The molecule has 1 atom stereocenters. The van der Waals surface area contributed by atoms with Crippen molar-refractivity contribution in [3.05, 3.63) is 54.0 Å². The van der Waals surface area contributed by atoms with Crippen LogP contribution in [0, 0.1) is 5.92 Å². The summed E-state index contributed by atoms with van der Waals surface area (Å²) in [6, 6.07) is 9.35. The van der Waals surface area contributed by atoms with Crippen molar-refractivity contribution in [2.24, 2.45) is 5.92 Å². The molecule has 1 aromatic carbocycles. The van der Waals surface area contributed by atoms with Gasteiger partial charge in [0.25, 0.3) is 5.91 Å². The number of likely N-dealkylation sites (tertiary alicyclic amines) is 1. The predicted octanol–water partition coefficient (Wildman–Crippen LogP) is 2.61. The van der Waals surface area contributed by atoms with Crippen LogP contribution in [0.4, 0.5) is 0 Å². The molecule has 1 fully saturated rings. The zero-order valence-corrected chi connectivity index (χ0v) is 17.6. The molecule has 7 nitrogen and oxygen atoms in total. The fourth-order valence-corrected chi connectivity index (χ4v) is 4.46. The van der Waals surface area contributed by atoms with Gasteiger partial charge in [0.2, 0.25) is 10.0 Å². The number of nitrogens with zero attached hydrogens (tertiary/aromatic N) is 1. The number of carbonyl (C=O) groups is 1. The summed E-state index contributed by atoms with van der Waals surface area (Å²) < 4.78 is 32.3. The number of carbonyl (C=O) groups excluding carboxylic acids is 1. The molecule has 0 saturated carbocycles. The Morgan fingerprint density at radius 2 is 1.86 bits per heavy atom. The van der Waals surface area contributed by atoms with E-state index in [0.717, 1.165) is 19.6 Å². The van der Waals surface area contributed by atoms with Crippen LogP contribution in [0.5, 0.6) is 0 Å². The van der Waals surface area contributed by atoms with Crippen molar-refractivity contribution >= 4 is 15.9 Å². The number of sulfonamides is 1. The van der Waals surface area contributed by atoms with E-state index in [1.807, 2.05) is 0 Å². The lowest BCUT2D eigenvalue weighted by Crippen LogP contribution is -2.38. The maximum atomic E-state index is 12.4. The average molecular weight is 420 g/mol. The van der Waals surface area contributed by atoms with Gasteiger partial charge in [-0.25, -0.2) is 13.1 Å². The number of amides is 1. The molecule has 2 N–H and O–H groups in total. The summed E-state index contributed by atoms with van der Waals surface area (Å²) in [7, 11) is -3.67. The Bertz CT molecular complexity index is 873. The third-order valence-electron chi connectivity index (χ3n) is 5.07. The van der Waals surface area contributed by atoms with Gasteiger partial charge in [0.1, 0.15) is 5.76 Å². The van der Waals surface area contributed by atoms with E-state index in [1.165, 1.54) is 49.8 Å². The van der Waals surface area contributed by atoms with Crippen LogP contribution >= 0.6 is 0 Å². The molecular formula is C21H29N3O4S. The Morgan fingerprint density at radius 3 is 2.52 bits per heavy atom. The Kier molecular flexibility index (Phi) is 7.46. The van der Waals surface area contributed by atoms with Gasteiger partial charge in [0, 0.05) is 18.7 Å². The van der Waals surface area contributed by atoms with Crippen LogP contribution in [-0.4, -0.2) is 45.4 Å². The first kappa shape index (κ1) is 21.5. The molecule has 8 heteroatoms. The van der Waals surface area contributed by atoms with Crippen molar-refractivity contribution in [1.82, 2.24) is 14.9 Å². The van der Waals surface area contributed by atoms with Gasteiger partial charge in [-0.05, 0) is 68.2 Å². The molecule has 1 aliphatic heterocycles. The van der Waals surface area contributed by atoms with Crippen LogP contribution < -0.4 is 10.0 Å². The molecule has 0 bridgehead atoms. The SMILES string of the molecule is C[C@H](CNC(=O)c1ccc(S(=O)(=O)NCc2ccco2)cc1)CN1CCCCC1. The van der Waals surface area contributed by atoms with Crippen LogP contribution in [0.25, 0.3) is 0 Å². The van der Waals surface area contributed by atoms with E-state index in [0.29, 0.717) is 23.8 Å². The van der Waals surface area contributed by atoms with E-state index in [4.69, 9.17) is 4.42 Å². The van der Waals surface area contributed by atoms with E-state index in [2.05, 4.69) is 21.9 Å². The van der Waals surface area contributed by atoms with E-state index in [1.54, 1.807) is 12.1 Å². The minimum atomic E-state index is -3.67. The van der Waals surface area contributed by atoms with Crippen molar-refractivity contribution < 1.29 is 17.6 Å². The maximum absolute atomic E-state index is 12.4. The second-order valence-corrected chi connectivity index (χ2v) is 9.37. The topological polar surface area (TPSA) is 91.6 Å². The van der Waals surface area contributed by atoms with E-state index < -0.39 is 10.0 Å². The van der Waals surface area contributed by atoms with E-state index in [-0.39, 0.29) is 17.3 Å². The van der Waals surface area contributed by atoms with Crippen molar-refractivity contribution in [2.45, 2.75) is 37.6 Å². The highest BCUT2D eigenvalue weighted by Crippen LogP contribution is 2.13. The van der Waals surface area contributed by atoms with Crippen molar-refractivity contribution in [2.75, 3.05) is 26.2 Å². The summed E-state index contributed by atoms with van der Waals surface area (Å²) in [5.41, 5.74) is 0.445. The fraction of sp³-hybridized carbons (Fsp3) is 0.476. The summed E-state index contributed by atoms with van der Waals surface area (Å²) >= 11 is 0. The van der Waals surface area contributed by atoms with Gasteiger partial charge in [0.05, 0.1) is 17.7 Å². The summed E-state index contributed by atoms with van der Waals surface area (Å²) in [5, 5.41) is 2.95. The van der Waals surface area contributed by atoms with Crippen molar-refractivity contribution in [1.29, 1.82) is 0 Å². The van der Waals surface area contributed by atoms with Gasteiger partial charge < -0.3 is 14.6 Å². The molecule has 2 heterocycles. The number of piperidine rings is 1. The lowest BCUT2D eigenvalue weighted by molar-refractivity contribution is 0.0942. The number of hydrogen-bond donors (Lipinski definition) is 2. The lowest BCUT2D eigenvalue weighted by Gasteiger charge is -2.29. The Balaban J connectivity index is 1.48. The van der Waals surface area contributed by atoms with E-state index in [9.17, 15) is 13.2 Å². The molecule has 0 aliphatic carbocycles.